The highest BCUT2D eigenvalue weighted by molar-refractivity contribution is 5.15. The van der Waals surface area contributed by atoms with E-state index in [-0.39, 0.29) is 5.82 Å². The van der Waals surface area contributed by atoms with Gasteiger partial charge in [-0.2, -0.15) is 0 Å². The van der Waals surface area contributed by atoms with Gasteiger partial charge in [0.05, 0.1) is 0 Å². The molecule has 0 radical (unpaired) electrons. The topological polar surface area (TPSA) is 15.3 Å². The molecule has 0 saturated heterocycles. The minimum absolute atomic E-state index is 0.158. The van der Waals surface area contributed by atoms with Crippen molar-refractivity contribution < 1.29 is 4.39 Å². The van der Waals surface area contributed by atoms with Crippen molar-refractivity contribution >= 4 is 0 Å². The number of hydrogen-bond donors (Lipinski definition) is 1. The molecule has 1 N–H and O–H groups in total. The maximum Gasteiger partial charge on any atom is 0.123 e. The highest BCUT2D eigenvalue weighted by Crippen LogP contribution is 2.28. The summed E-state index contributed by atoms with van der Waals surface area (Å²) in [5, 5.41) is 3.43. The van der Waals surface area contributed by atoms with E-state index in [1.807, 2.05) is 12.1 Å². The molecule has 106 valence electrons. The van der Waals surface area contributed by atoms with Gasteiger partial charge in [-0.1, -0.05) is 18.6 Å². The first kappa shape index (κ1) is 14.5. The summed E-state index contributed by atoms with van der Waals surface area (Å²) in [6.45, 7) is 2.01. The third-order valence-corrected chi connectivity index (χ3v) is 4.28. The Hall–Kier alpha value is -0.930. The minimum atomic E-state index is -0.158. The fourth-order valence-corrected chi connectivity index (χ4v) is 3.13. The Morgan fingerprint density at radius 3 is 2.68 bits per heavy atom. The summed E-state index contributed by atoms with van der Waals surface area (Å²) in [5.41, 5.74) is 1.18. The molecule has 0 heterocycles. The second-order valence-electron chi connectivity index (χ2n) is 5.74. The van der Waals surface area contributed by atoms with E-state index in [1.165, 1.54) is 43.4 Å². The average molecular weight is 264 g/mol. The van der Waals surface area contributed by atoms with Crippen molar-refractivity contribution in [3.63, 3.8) is 0 Å². The summed E-state index contributed by atoms with van der Waals surface area (Å²) < 4.78 is 12.8. The van der Waals surface area contributed by atoms with Crippen molar-refractivity contribution in [3.8, 4) is 0 Å². The first-order chi connectivity index (χ1) is 9.19. The Morgan fingerprint density at radius 2 is 2.00 bits per heavy atom. The van der Waals surface area contributed by atoms with Crippen LogP contribution in [0.3, 0.4) is 0 Å². The zero-order chi connectivity index (χ0) is 13.7. The van der Waals surface area contributed by atoms with Gasteiger partial charge < -0.3 is 10.2 Å². The Morgan fingerprint density at radius 1 is 1.26 bits per heavy atom. The largest absolute Gasteiger partial charge is 0.317 e. The SMILES string of the molecule is CNC1CCCC1CCN(C)Cc1ccc(F)cc1. The fraction of sp³-hybridized carbons (Fsp3) is 0.625. The predicted octanol–water partition coefficient (Wildman–Crippen LogP) is 3.04. The first-order valence-electron chi connectivity index (χ1n) is 7.29. The van der Waals surface area contributed by atoms with Gasteiger partial charge in [-0.15, -0.1) is 0 Å². The Balaban J connectivity index is 1.75. The summed E-state index contributed by atoms with van der Waals surface area (Å²) in [4.78, 5) is 2.33. The molecule has 2 atom stereocenters. The molecule has 1 aromatic rings. The molecule has 2 nitrogen and oxygen atoms in total. The fourth-order valence-electron chi connectivity index (χ4n) is 3.13. The molecule has 0 aromatic heterocycles. The molecule has 1 saturated carbocycles. The lowest BCUT2D eigenvalue weighted by atomic mass is 9.99. The highest BCUT2D eigenvalue weighted by atomic mass is 19.1. The van der Waals surface area contributed by atoms with Crippen LogP contribution in [0.5, 0.6) is 0 Å². The van der Waals surface area contributed by atoms with E-state index in [0.29, 0.717) is 6.04 Å². The van der Waals surface area contributed by atoms with Crippen molar-refractivity contribution in [2.75, 3.05) is 20.6 Å². The van der Waals surface area contributed by atoms with E-state index in [0.717, 1.165) is 19.0 Å². The number of benzene rings is 1. The molecular weight excluding hydrogens is 239 g/mol. The Bertz CT molecular complexity index is 377. The van der Waals surface area contributed by atoms with E-state index in [4.69, 9.17) is 0 Å². The lowest BCUT2D eigenvalue weighted by Gasteiger charge is -2.23. The van der Waals surface area contributed by atoms with Crippen LogP contribution < -0.4 is 5.32 Å². The predicted molar refractivity (Wildman–Crippen MR) is 77.5 cm³/mol. The van der Waals surface area contributed by atoms with Crippen molar-refractivity contribution in [1.82, 2.24) is 10.2 Å². The molecule has 2 rings (SSSR count). The normalized spacial score (nSPS) is 23.2. The van der Waals surface area contributed by atoms with Crippen LogP contribution in [0.15, 0.2) is 24.3 Å². The van der Waals surface area contributed by atoms with E-state index in [1.54, 1.807) is 0 Å². The molecule has 3 heteroatoms. The summed E-state index contributed by atoms with van der Waals surface area (Å²) in [6.07, 6.45) is 5.29. The van der Waals surface area contributed by atoms with Gasteiger partial charge in [-0.05, 0) is 63.5 Å². The van der Waals surface area contributed by atoms with Crippen molar-refractivity contribution in [2.45, 2.75) is 38.3 Å². The first-order valence-corrected chi connectivity index (χ1v) is 7.29. The molecule has 1 aromatic carbocycles. The van der Waals surface area contributed by atoms with Crippen molar-refractivity contribution in [2.24, 2.45) is 5.92 Å². The minimum Gasteiger partial charge on any atom is -0.317 e. The molecule has 0 bridgehead atoms. The van der Waals surface area contributed by atoms with E-state index in [9.17, 15) is 4.39 Å². The lowest BCUT2D eigenvalue weighted by molar-refractivity contribution is 0.278. The van der Waals surface area contributed by atoms with Crippen molar-refractivity contribution in [1.29, 1.82) is 0 Å². The highest BCUT2D eigenvalue weighted by Gasteiger charge is 2.25. The van der Waals surface area contributed by atoms with Gasteiger partial charge in [0.1, 0.15) is 5.82 Å². The molecule has 2 unspecified atom stereocenters. The molecule has 1 aliphatic carbocycles. The number of nitrogens with zero attached hydrogens (tertiary/aromatic N) is 1. The number of hydrogen-bond acceptors (Lipinski definition) is 2. The number of rotatable bonds is 6. The third-order valence-electron chi connectivity index (χ3n) is 4.28. The smallest absolute Gasteiger partial charge is 0.123 e. The zero-order valence-electron chi connectivity index (χ0n) is 12.0. The summed E-state index contributed by atoms with van der Waals surface area (Å²) >= 11 is 0. The quantitative estimate of drug-likeness (QED) is 0.849. The van der Waals surface area contributed by atoms with Crippen LogP contribution in [0.2, 0.25) is 0 Å². The van der Waals surface area contributed by atoms with Crippen LogP contribution in [0, 0.1) is 11.7 Å². The van der Waals surface area contributed by atoms with E-state index in [2.05, 4.69) is 24.3 Å². The van der Waals surface area contributed by atoms with Gasteiger partial charge in [0.25, 0.3) is 0 Å². The molecule has 1 aliphatic rings. The molecule has 0 amide bonds. The number of nitrogens with one attached hydrogen (secondary N) is 1. The van der Waals surface area contributed by atoms with Gasteiger partial charge in [-0.3, -0.25) is 0 Å². The van der Waals surface area contributed by atoms with E-state index >= 15 is 0 Å². The summed E-state index contributed by atoms with van der Waals surface area (Å²) in [6, 6.07) is 7.53. The third kappa shape index (κ3) is 4.29. The van der Waals surface area contributed by atoms with Crippen LogP contribution in [-0.4, -0.2) is 31.6 Å². The van der Waals surface area contributed by atoms with Crippen molar-refractivity contribution in [3.05, 3.63) is 35.6 Å². The van der Waals surface area contributed by atoms with Gasteiger partial charge in [0.15, 0.2) is 0 Å². The van der Waals surface area contributed by atoms with Gasteiger partial charge in [0.2, 0.25) is 0 Å². The van der Waals surface area contributed by atoms with E-state index < -0.39 is 0 Å². The van der Waals surface area contributed by atoms with Crippen LogP contribution in [0.4, 0.5) is 4.39 Å². The maximum absolute atomic E-state index is 12.8. The Labute approximate surface area is 116 Å². The lowest BCUT2D eigenvalue weighted by Crippen LogP contribution is -2.31. The average Bonchev–Trinajstić information content (AvgIpc) is 2.86. The maximum atomic E-state index is 12.8. The van der Waals surface area contributed by atoms with Crippen LogP contribution in [0.1, 0.15) is 31.2 Å². The molecule has 0 spiro atoms. The number of halogens is 1. The molecule has 0 aliphatic heterocycles. The summed E-state index contributed by atoms with van der Waals surface area (Å²) in [7, 11) is 4.22. The second-order valence-corrected chi connectivity index (χ2v) is 5.74. The van der Waals surface area contributed by atoms with Gasteiger partial charge >= 0.3 is 0 Å². The zero-order valence-corrected chi connectivity index (χ0v) is 12.0. The van der Waals surface area contributed by atoms with Gasteiger partial charge in [-0.25, -0.2) is 4.39 Å². The molecule has 19 heavy (non-hydrogen) atoms. The summed E-state index contributed by atoms with van der Waals surface area (Å²) in [5.74, 6) is 0.662. The standard InChI is InChI=1S/C16H25FN2/c1-18-16-5-3-4-14(16)10-11-19(2)12-13-6-8-15(17)9-7-13/h6-9,14,16,18H,3-5,10-12H2,1-2H3. The second kappa shape index (κ2) is 7.01. The monoisotopic (exact) mass is 264 g/mol. The molecular formula is C16H25FN2. The Kier molecular flexibility index (Phi) is 5.34. The van der Waals surface area contributed by atoms with Crippen LogP contribution in [-0.2, 0) is 6.54 Å². The molecule has 1 fully saturated rings. The van der Waals surface area contributed by atoms with Gasteiger partial charge in [0, 0.05) is 12.6 Å². The van der Waals surface area contributed by atoms with Crippen LogP contribution in [0.25, 0.3) is 0 Å². The van der Waals surface area contributed by atoms with Crippen LogP contribution >= 0.6 is 0 Å².